The number of furan rings is 1. The van der Waals surface area contributed by atoms with Crippen LogP contribution in [0.1, 0.15) is 0 Å². The molecule has 1 aromatic carbocycles. The van der Waals surface area contributed by atoms with E-state index in [9.17, 15) is 0 Å². The molecule has 2 rings (SSSR count). The Morgan fingerprint density at radius 3 is 2.46 bits per heavy atom. The Bertz CT molecular complexity index is 328. The van der Waals surface area contributed by atoms with Crippen LogP contribution in [0.4, 0.5) is 0 Å². The molecule has 0 spiro atoms. The van der Waals surface area contributed by atoms with Crippen molar-refractivity contribution in [2.45, 2.75) is 0 Å². The van der Waals surface area contributed by atoms with Gasteiger partial charge in [-0.25, -0.2) is 0 Å². The van der Waals surface area contributed by atoms with Crippen molar-refractivity contribution in [1.82, 2.24) is 0 Å². The van der Waals surface area contributed by atoms with Gasteiger partial charge in [-0.15, -0.1) is 17.5 Å². The molecule has 2 nitrogen and oxygen atoms in total. The maximum atomic E-state index is 6.25. The smallest absolute Gasteiger partial charge is 0.591 e. The van der Waals surface area contributed by atoms with Crippen molar-refractivity contribution < 1.29 is 40.3 Å². The zero-order valence-corrected chi connectivity index (χ0v) is 7.99. The molecule has 4 heteroatoms. The van der Waals surface area contributed by atoms with Gasteiger partial charge in [-0.2, -0.15) is 0 Å². The van der Waals surface area contributed by atoms with Gasteiger partial charge in [0.05, 0.1) is 0 Å². The molecule has 0 fully saturated rings. The van der Waals surface area contributed by atoms with Crippen LogP contribution in [-0.4, -0.2) is 0 Å². The number of hydrogen-bond donors (Lipinski definition) is 0. The zero-order chi connectivity index (χ0) is 8.10. The third-order valence-electron chi connectivity index (χ3n) is 1.30. The minimum absolute atomic E-state index is 0. The van der Waals surface area contributed by atoms with Crippen molar-refractivity contribution in [2.75, 3.05) is 0 Å². The Kier molecular flexibility index (Phi) is 9.14. The van der Waals surface area contributed by atoms with E-state index in [0.29, 0.717) is 0 Å². The van der Waals surface area contributed by atoms with Crippen LogP contribution < -0.4 is 18.9 Å². The summed E-state index contributed by atoms with van der Waals surface area (Å²) in [5, 5.41) is 7.36. The molecule has 1 heterocycles. The van der Waals surface area contributed by atoms with Crippen molar-refractivity contribution in [3.05, 3.63) is 43.2 Å². The second-order valence-corrected chi connectivity index (χ2v) is 1.90. The third-order valence-corrected chi connectivity index (χ3v) is 1.30. The summed E-state index contributed by atoms with van der Waals surface area (Å²) in [5.41, 5.74) is 0.900. The normalized spacial score (nSPS) is 7.23. The summed E-state index contributed by atoms with van der Waals surface area (Å²) in [6, 6.07) is 9.67. The van der Waals surface area contributed by atoms with Crippen LogP contribution in [0.2, 0.25) is 0 Å². The molecule has 64 valence electrons. The first-order valence-corrected chi connectivity index (χ1v) is 3.04. The molecule has 0 amide bonds. The molecule has 0 bridgehead atoms. The molecule has 0 unspecified atom stereocenters. The van der Waals surface area contributed by atoms with E-state index in [0.717, 1.165) is 11.0 Å². The zero-order valence-electron chi connectivity index (χ0n) is 7.04. The number of para-hydroxylation sites is 1. The molecular formula is C9H5CuLiNO. The quantitative estimate of drug-likeness (QED) is 0.430. The first-order valence-electron chi connectivity index (χ1n) is 3.04. The topological polar surface area (TPSA) is 36.9 Å². The summed E-state index contributed by atoms with van der Waals surface area (Å²) < 4.78 is 4.99. The summed E-state index contributed by atoms with van der Waals surface area (Å²) in [4.78, 5) is 0. The standard InChI is InChI=1S/C8H5O.CN.Cu.Li/c1-2-4-8-7(3-1)5-6-9-8;1-2;;/h1-5H;;;/q2*-1;2*+1. The summed E-state index contributed by atoms with van der Waals surface area (Å²) in [6.07, 6.45) is 2.66. The molecule has 1 aromatic heterocycles. The molecule has 0 radical (unpaired) electrons. The Balaban J connectivity index is 0. The number of rotatable bonds is 0. The number of benzene rings is 1. The van der Waals surface area contributed by atoms with Gasteiger partial charge in [0, 0.05) is 0 Å². The van der Waals surface area contributed by atoms with Crippen LogP contribution in [0, 0.1) is 18.1 Å². The minimum Gasteiger partial charge on any atom is -0.591 e. The van der Waals surface area contributed by atoms with Crippen LogP contribution in [0.15, 0.2) is 34.7 Å². The Morgan fingerprint density at radius 2 is 1.85 bits per heavy atom. The maximum absolute atomic E-state index is 6.25. The second-order valence-electron chi connectivity index (χ2n) is 1.90. The molecular weight excluding hydrogens is 209 g/mol. The molecule has 0 saturated heterocycles. The van der Waals surface area contributed by atoms with Crippen molar-refractivity contribution in [3.63, 3.8) is 0 Å². The van der Waals surface area contributed by atoms with Crippen LogP contribution in [0.5, 0.6) is 0 Å². The fourth-order valence-corrected chi connectivity index (χ4v) is 0.849. The van der Waals surface area contributed by atoms with E-state index >= 15 is 0 Å². The Labute approximate surface area is 99.6 Å². The van der Waals surface area contributed by atoms with Gasteiger partial charge >= 0.3 is 35.9 Å². The molecule has 0 aliphatic rings. The van der Waals surface area contributed by atoms with E-state index < -0.39 is 0 Å². The monoisotopic (exact) mass is 213 g/mol. The Hall–Kier alpha value is -0.633. The van der Waals surface area contributed by atoms with Gasteiger partial charge in [-0.1, -0.05) is 18.2 Å². The average Bonchev–Trinajstić information content (AvgIpc) is 2.55. The van der Waals surface area contributed by atoms with Gasteiger partial charge < -0.3 is 16.3 Å². The first kappa shape index (κ1) is 14.9. The van der Waals surface area contributed by atoms with Crippen LogP contribution in [0.25, 0.3) is 11.0 Å². The van der Waals surface area contributed by atoms with Crippen molar-refractivity contribution >= 4 is 11.0 Å². The molecule has 2 aromatic rings. The SMILES string of the molecule is [C-]#N.[Cu+].[Li+].[c-]1cc2ccccc2o1. The van der Waals surface area contributed by atoms with Crippen LogP contribution in [-0.2, 0) is 17.1 Å². The van der Waals surface area contributed by atoms with E-state index in [1.807, 2.05) is 30.3 Å². The van der Waals surface area contributed by atoms with Crippen molar-refractivity contribution in [2.24, 2.45) is 0 Å². The second kappa shape index (κ2) is 7.99. The predicted octanol–water partition coefficient (Wildman–Crippen LogP) is -0.669. The Morgan fingerprint density at radius 1 is 1.23 bits per heavy atom. The summed E-state index contributed by atoms with van der Waals surface area (Å²) in [6.45, 7) is 4.75. The summed E-state index contributed by atoms with van der Waals surface area (Å²) >= 11 is 0. The van der Waals surface area contributed by atoms with Crippen LogP contribution in [0.3, 0.4) is 0 Å². The first-order chi connectivity index (χ1) is 5.47. The van der Waals surface area contributed by atoms with E-state index in [2.05, 4.69) is 6.26 Å². The molecule has 13 heavy (non-hydrogen) atoms. The summed E-state index contributed by atoms with van der Waals surface area (Å²) in [7, 11) is 0. The van der Waals surface area contributed by atoms with E-state index in [-0.39, 0.29) is 35.9 Å². The molecule has 0 atom stereocenters. The summed E-state index contributed by atoms with van der Waals surface area (Å²) in [5.74, 6) is 0. The molecule has 0 aliphatic heterocycles. The predicted molar refractivity (Wildman–Crippen MR) is 40.0 cm³/mol. The van der Waals surface area contributed by atoms with Crippen molar-refractivity contribution in [3.8, 4) is 0 Å². The number of nitrogens with zero attached hydrogens (tertiary/aromatic N) is 1. The maximum Gasteiger partial charge on any atom is 1.00 e. The van der Waals surface area contributed by atoms with Gasteiger partial charge in [0.25, 0.3) is 0 Å². The van der Waals surface area contributed by atoms with Crippen molar-refractivity contribution in [1.29, 1.82) is 5.26 Å². The van der Waals surface area contributed by atoms with E-state index in [1.165, 1.54) is 0 Å². The fraction of sp³-hybridized carbons (Fsp3) is 0. The molecule has 0 saturated carbocycles. The minimum atomic E-state index is 0. The number of fused-ring (bicyclic) bond motifs is 1. The third kappa shape index (κ3) is 3.72. The molecule has 0 aliphatic carbocycles. The average molecular weight is 214 g/mol. The van der Waals surface area contributed by atoms with Crippen LogP contribution >= 0.6 is 0 Å². The van der Waals surface area contributed by atoms with Gasteiger partial charge in [0.1, 0.15) is 0 Å². The van der Waals surface area contributed by atoms with Gasteiger partial charge in [0.2, 0.25) is 0 Å². The van der Waals surface area contributed by atoms with Gasteiger partial charge in [-0.3, -0.25) is 0 Å². The van der Waals surface area contributed by atoms with E-state index in [1.54, 1.807) is 0 Å². The molecule has 0 N–H and O–H groups in total. The van der Waals surface area contributed by atoms with E-state index in [4.69, 9.17) is 16.3 Å². The van der Waals surface area contributed by atoms with Gasteiger partial charge in [-0.05, 0) is 11.8 Å². The number of hydrogen-bond acceptors (Lipinski definition) is 2. The fourth-order valence-electron chi connectivity index (χ4n) is 0.849. The largest absolute Gasteiger partial charge is 1.00 e. The van der Waals surface area contributed by atoms with Gasteiger partial charge in [0.15, 0.2) is 0 Å².